The number of amides is 2. The van der Waals surface area contributed by atoms with Gasteiger partial charge < -0.3 is 10.1 Å². The van der Waals surface area contributed by atoms with E-state index in [1.165, 1.54) is 4.90 Å². The molecule has 31 heavy (non-hydrogen) atoms. The lowest BCUT2D eigenvalue weighted by atomic mass is 9.97. The predicted molar refractivity (Wildman–Crippen MR) is 123 cm³/mol. The van der Waals surface area contributed by atoms with E-state index in [0.717, 1.165) is 22.3 Å². The number of imide groups is 1. The first kappa shape index (κ1) is 20.4. The number of aryl methyl sites for hydroxylation is 3. The van der Waals surface area contributed by atoms with Crippen LogP contribution >= 0.6 is 0 Å². The fourth-order valence-electron chi connectivity index (χ4n) is 3.87. The molecule has 0 saturated heterocycles. The van der Waals surface area contributed by atoms with E-state index in [9.17, 15) is 9.59 Å². The molecule has 2 amide bonds. The highest BCUT2D eigenvalue weighted by Gasteiger charge is 2.41. The Morgan fingerprint density at radius 3 is 2.29 bits per heavy atom. The third-order valence-corrected chi connectivity index (χ3v) is 5.43. The van der Waals surface area contributed by atoms with Gasteiger partial charge in [0, 0.05) is 11.8 Å². The van der Waals surface area contributed by atoms with Gasteiger partial charge in [-0.05, 0) is 55.7 Å². The van der Waals surface area contributed by atoms with Crippen LogP contribution in [-0.4, -0.2) is 18.9 Å². The summed E-state index contributed by atoms with van der Waals surface area (Å²) >= 11 is 0. The van der Waals surface area contributed by atoms with Crippen LogP contribution in [0.4, 0.5) is 11.4 Å². The monoisotopic (exact) mass is 412 g/mol. The number of hydrogen-bond acceptors (Lipinski definition) is 4. The van der Waals surface area contributed by atoms with E-state index < -0.39 is 0 Å². The van der Waals surface area contributed by atoms with Crippen LogP contribution in [0, 0.1) is 20.8 Å². The third-order valence-electron chi connectivity index (χ3n) is 5.43. The van der Waals surface area contributed by atoms with Crippen molar-refractivity contribution < 1.29 is 14.3 Å². The highest BCUT2D eigenvalue weighted by Crippen LogP contribution is 2.36. The van der Waals surface area contributed by atoms with Gasteiger partial charge in [-0.25, -0.2) is 4.90 Å². The molecule has 1 heterocycles. The summed E-state index contributed by atoms with van der Waals surface area (Å²) in [6.45, 7) is 5.84. The molecule has 5 nitrogen and oxygen atoms in total. The number of methoxy groups -OCH3 is 1. The number of hydrogen-bond donors (Lipinski definition) is 1. The lowest BCUT2D eigenvalue weighted by Gasteiger charge is -2.18. The van der Waals surface area contributed by atoms with Crippen molar-refractivity contribution in [2.45, 2.75) is 20.8 Å². The highest BCUT2D eigenvalue weighted by molar-refractivity contribution is 6.46. The van der Waals surface area contributed by atoms with Crippen LogP contribution in [0.1, 0.15) is 22.3 Å². The smallest absolute Gasteiger partial charge is 0.282 e. The predicted octanol–water partition coefficient (Wildman–Crippen LogP) is 5.02. The first-order valence-electron chi connectivity index (χ1n) is 10.1. The van der Waals surface area contributed by atoms with Gasteiger partial charge in [0.25, 0.3) is 11.8 Å². The molecule has 3 aromatic carbocycles. The Bertz CT molecular complexity index is 1230. The number of nitrogens with one attached hydrogen (secondary N) is 1. The van der Waals surface area contributed by atoms with Crippen molar-refractivity contribution in [1.29, 1.82) is 0 Å². The maximum Gasteiger partial charge on any atom is 0.282 e. The van der Waals surface area contributed by atoms with Crippen molar-refractivity contribution >= 4 is 28.8 Å². The van der Waals surface area contributed by atoms with Crippen LogP contribution in [0.15, 0.2) is 72.4 Å². The molecule has 3 aromatic rings. The topological polar surface area (TPSA) is 58.6 Å². The second-order valence-electron chi connectivity index (χ2n) is 7.66. The number of benzene rings is 3. The Labute approximate surface area is 182 Å². The summed E-state index contributed by atoms with van der Waals surface area (Å²) in [6.07, 6.45) is 0. The highest BCUT2D eigenvalue weighted by atomic mass is 16.5. The minimum Gasteiger partial charge on any atom is -0.497 e. The Morgan fingerprint density at radius 2 is 1.58 bits per heavy atom. The van der Waals surface area contributed by atoms with Crippen LogP contribution in [0.25, 0.3) is 5.57 Å². The van der Waals surface area contributed by atoms with Crippen LogP contribution in [0.2, 0.25) is 0 Å². The van der Waals surface area contributed by atoms with Crippen molar-refractivity contribution in [3.05, 3.63) is 94.7 Å². The molecule has 5 heteroatoms. The fraction of sp³-hybridized carbons (Fsp3) is 0.154. The van der Waals surface area contributed by atoms with E-state index in [4.69, 9.17) is 4.74 Å². The van der Waals surface area contributed by atoms with Crippen molar-refractivity contribution in [3.63, 3.8) is 0 Å². The molecular formula is C26H24N2O3. The van der Waals surface area contributed by atoms with E-state index in [0.29, 0.717) is 22.7 Å². The Kier molecular flexibility index (Phi) is 5.34. The standard InChI is InChI=1S/C26H24N2O3/c1-16-12-13-21(18(3)14-16)23-24(27-19-9-7-10-20(15-19)31-4)26(30)28(25(23)29)22-11-6-5-8-17(22)2/h5-15,27H,1-4H3. The molecular weight excluding hydrogens is 388 g/mol. The molecule has 0 fully saturated rings. The molecule has 1 N–H and O–H groups in total. The zero-order valence-electron chi connectivity index (χ0n) is 18.0. The van der Waals surface area contributed by atoms with Crippen LogP contribution in [0.3, 0.4) is 0 Å². The normalized spacial score (nSPS) is 13.7. The molecule has 0 saturated carbocycles. The first-order chi connectivity index (χ1) is 14.9. The number of carbonyl (C=O) groups excluding carboxylic acids is 2. The zero-order chi connectivity index (χ0) is 22.1. The molecule has 0 spiro atoms. The minimum absolute atomic E-state index is 0.258. The van der Waals surface area contributed by atoms with Gasteiger partial charge in [-0.1, -0.05) is 48.0 Å². The van der Waals surface area contributed by atoms with Crippen LogP contribution in [-0.2, 0) is 9.59 Å². The Balaban J connectivity index is 1.87. The molecule has 4 rings (SSSR count). The minimum atomic E-state index is -0.378. The van der Waals surface area contributed by atoms with E-state index in [1.807, 2.05) is 75.4 Å². The van der Waals surface area contributed by atoms with Crippen molar-refractivity contribution in [3.8, 4) is 5.75 Å². The molecule has 0 atom stereocenters. The summed E-state index contributed by atoms with van der Waals surface area (Å²) in [6, 6.07) is 20.5. The molecule has 156 valence electrons. The molecule has 1 aliphatic heterocycles. The summed E-state index contributed by atoms with van der Waals surface area (Å²) in [5.74, 6) is -0.0556. The number of anilines is 2. The number of para-hydroxylation sites is 1. The average molecular weight is 412 g/mol. The number of carbonyl (C=O) groups is 2. The molecule has 0 radical (unpaired) electrons. The summed E-state index contributed by atoms with van der Waals surface area (Å²) in [7, 11) is 1.59. The lowest BCUT2D eigenvalue weighted by molar-refractivity contribution is -0.120. The van der Waals surface area contributed by atoms with Crippen molar-refractivity contribution in [2.75, 3.05) is 17.3 Å². The molecule has 0 bridgehead atoms. The molecule has 0 unspecified atom stereocenters. The summed E-state index contributed by atoms with van der Waals surface area (Å²) in [5, 5.41) is 3.19. The van der Waals surface area contributed by atoms with E-state index >= 15 is 0 Å². The molecule has 0 aliphatic carbocycles. The van der Waals surface area contributed by atoms with E-state index in [2.05, 4.69) is 5.32 Å². The largest absolute Gasteiger partial charge is 0.497 e. The number of ether oxygens (including phenoxy) is 1. The second kappa shape index (κ2) is 8.11. The lowest BCUT2D eigenvalue weighted by Crippen LogP contribution is -2.33. The van der Waals surface area contributed by atoms with Gasteiger partial charge in [0.1, 0.15) is 11.4 Å². The first-order valence-corrected chi connectivity index (χ1v) is 10.1. The second-order valence-corrected chi connectivity index (χ2v) is 7.66. The fourth-order valence-corrected chi connectivity index (χ4v) is 3.87. The van der Waals surface area contributed by atoms with Gasteiger partial charge in [-0.2, -0.15) is 0 Å². The number of nitrogens with zero attached hydrogens (tertiary/aromatic N) is 1. The van der Waals surface area contributed by atoms with Gasteiger partial charge >= 0.3 is 0 Å². The van der Waals surface area contributed by atoms with Gasteiger partial charge in [-0.3, -0.25) is 9.59 Å². The maximum atomic E-state index is 13.6. The van der Waals surface area contributed by atoms with Crippen molar-refractivity contribution in [2.24, 2.45) is 0 Å². The Hall–Kier alpha value is -3.86. The summed E-state index contributed by atoms with van der Waals surface area (Å²) in [5.41, 5.74) is 5.51. The quantitative estimate of drug-likeness (QED) is 0.598. The molecule has 1 aliphatic rings. The number of rotatable bonds is 5. The van der Waals surface area contributed by atoms with Gasteiger partial charge in [0.15, 0.2) is 0 Å². The third kappa shape index (κ3) is 3.70. The van der Waals surface area contributed by atoms with E-state index in [-0.39, 0.29) is 17.5 Å². The SMILES string of the molecule is COc1cccc(NC2=C(c3ccc(C)cc3C)C(=O)N(c3ccccc3C)C2=O)c1. The van der Waals surface area contributed by atoms with Gasteiger partial charge in [0.05, 0.1) is 18.4 Å². The molecule has 0 aromatic heterocycles. The Morgan fingerprint density at radius 1 is 0.806 bits per heavy atom. The average Bonchev–Trinajstić information content (AvgIpc) is 2.98. The summed E-state index contributed by atoms with van der Waals surface area (Å²) in [4.78, 5) is 28.4. The van der Waals surface area contributed by atoms with Gasteiger partial charge in [0.2, 0.25) is 0 Å². The van der Waals surface area contributed by atoms with E-state index in [1.54, 1.807) is 19.2 Å². The summed E-state index contributed by atoms with van der Waals surface area (Å²) < 4.78 is 5.30. The van der Waals surface area contributed by atoms with Crippen molar-refractivity contribution in [1.82, 2.24) is 0 Å². The van der Waals surface area contributed by atoms with Crippen LogP contribution < -0.4 is 15.0 Å². The van der Waals surface area contributed by atoms with Crippen LogP contribution in [0.5, 0.6) is 5.75 Å². The zero-order valence-corrected chi connectivity index (χ0v) is 18.0. The van der Waals surface area contributed by atoms with Gasteiger partial charge in [-0.15, -0.1) is 0 Å². The maximum absolute atomic E-state index is 13.6.